The van der Waals surface area contributed by atoms with Gasteiger partial charge in [0, 0.05) is 19.0 Å². The molecule has 1 amide bonds. The predicted octanol–water partition coefficient (Wildman–Crippen LogP) is 1.78. The summed E-state index contributed by atoms with van der Waals surface area (Å²) in [5, 5.41) is 2.72. The summed E-state index contributed by atoms with van der Waals surface area (Å²) >= 11 is 0. The fourth-order valence-electron chi connectivity index (χ4n) is 1.79. The minimum Gasteiger partial charge on any atom is -0.463 e. The largest absolute Gasteiger partial charge is 0.463 e. The van der Waals surface area contributed by atoms with Gasteiger partial charge in [0.1, 0.15) is 0 Å². The number of esters is 1. The molecule has 5 heteroatoms. The molecule has 116 valence electrons. The average Bonchev–Trinajstić information content (AvgIpc) is 2.44. The molecule has 0 aliphatic rings. The van der Waals surface area contributed by atoms with Gasteiger partial charge in [-0.1, -0.05) is 37.3 Å². The van der Waals surface area contributed by atoms with Crippen molar-refractivity contribution in [2.24, 2.45) is 11.7 Å². The van der Waals surface area contributed by atoms with Crippen molar-refractivity contribution in [2.75, 3.05) is 6.54 Å². The van der Waals surface area contributed by atoms with Crippen LogP contribution < -0.4 is 11.1 Å². The molecule has 0 fully saturated rings. The summed E-state index contributed by atoms with van der Waals surface area (Å²) in [7, 11) is 0. The fourth-order valence-corrected chi connectivity index (χ4v) is 1.79. The molecule has 1 aromatic carbocycles. The number of carbonyl (C=O) groups is 2. The van der Waals surface area contributed by atoms with Crippen LogP contribution in [0.15, 0.2) is 30.3 Å². The highest BCUT2D eigenvalue weighted by Crippen LogP contribution is 2.13. The van der Waals surface area contributed by atoms with Crippen molar-refractivity contribution < 1.29 is 14.3 Å². The minimum atomic E-state index is -0.371. The number of hydrogen-bond acceptors (Lipinski definition) is 4. The average molecular weight is 292 g/mol. The zero-order chi connectivity index (χ0) is 15.8. The van der Waals surface area contributed by atoms with Crippen LogP contribution in [0.2, 0.25) is 0 Å². The lowest BCUT2D eigenvalue weighted by atomic mass is 10.0. The highest BCUT2D eigenvalue weighted by molar-refractivity contribution is 5.78. The lowest BCUT2D eigenvalue weighted by Gasteiger charge is -2.16. The van der Waals surface area contributed by atoms with Gasteiger partial charge in [-0.25, -0.2) is 0 Å². The van der Waals surface area contributed by atoms with Crippen LogP contribution in [0.3, 0.4) is 0 Å². The summed E-state index contributed by atoms with van der Waals surface area (Å²) in [5.41, 5.74) is 6.89. The molecule has 2 unspecified atom stereocenters. The number of nitrogens with two attached hydrogens (primary N) is 1. The van der Waals surface area contributed by atoms with Crippen LogP contribution in [0, 0.1) is 5.92 Å². The Hall–Kier alpha value is -1.88. The van der Waals surface area contributed by atoms with E-state index in [1.807, 2.05) is 30.3 Å². The van der Waals surface area contributed by atoms with Crippen molar-refractivity contribution >= 4 is 11.9 Å². The number of ether oxygens (including phenoxy) is 1. The minimum absolute atomic E-state index is 0.151. The number of nitrogens with one attached hydrogen (secondary N) is 1. The van der Waals surface area contributed by atoms with Crippen molar-refractivity contribution in [1.29, 1.82) is 0 Å². The van der Waals surface area contributed by atoms with Gasteiger partial charge in [-0.15, -0.1) is 0 Å². The van der Waals surface area contributed by atoms with Crippen molar-refractivity contribution in [3.63, 3.8) is 0 Å². The van der Waals surface area contributed by atoms with Crippen LogP contribution in [0.5, 0.6) is 0 Å². The van der Waals surface area contributed by atoms with E-state index in [1.54, 1.807) is 20.8 Å². The third-order valence-electron chi connectivity index (χ3n) is 2.99. The van der Waals surface area contributed by atoms with E-state index in [0.29, 0.717) is 0 Å². The normalized spacial score (nSPS) is 13.6. The summed E-state index contributed by atoms with van der Waals surface area (Å²) in [6, 6.07) is 9.11. The molecule has 0 bridgehead atoms. The molecule has 3 N–H and O–H groups in total. The molecule has 0 aromatic heterocycles. The molecule has 0 radical (unpaired) electrons. The standard InChI is InChI=1S/C16H24N2O3/c1-11(2)21-16(20)12(3)10-18-15(19)9-14(17)13-7-5-4-6-8-13/h4-8,11-12,14H,9-10,17H2,1-3H3,(H,18,19). The first-order valence-electron chi connectivity index (χ1n) is 7.18. The van der Waals surface area contributed by atoms with Gasteiger partial charge in [-0.2, -0.15) is 0 Å². The highest BCUT2D eigenvalue weighted by atomic mass is 16.5. The molecule has 0 aliphatic heterocycles. The summed E-state index contributed by atoms with van der Waals surface area (Å²) in [4.78, 5) is 23.4. The molecule has 0 spiro atoms. The first kappa shape index (κ1) is 17.2. The SMILES string of the molecule is CC(C)OC(=O)C(C)CNC(=O)CC(N)c1ccccc1. The Morgan fingerprint density at radius 3 is 2.38 bits per heavy atom. The van der Waals surface area contributed by atoms with Crippen LogP contribution in [-0.2, 0) is 14.3 Å². The maximum absolute atomic E-state index is 11.8. The zero-order valence-corrected chi connectivity index (χ0v) is 12.8. The number of hydrogen-bond donors (Lipinski definition) is 2. The van der Waals surface area contributed by atoms with Crippen LogP contribution in [0.1, 0.15) is 38.8 Å². The predicted molar refractivity (Wildman–Crippen MR) is 81.4 cm³/mol. The first-order chi connectivity index (χ1) is 9.90. The summed E-state index contributed by atoms with van der Waals surface area (Å²) in [6.45, 7) is 5.57. The molecule has 5 nitrogen and oxygen atoms in total. The molecule has 1 rings (SSSR count). The summed E-state index contributed by atoms with van der Waals surface area (Å²) in [6.07, 6.45) is 0.0397. The summed E-state index contributed by atoms with van der Waals surface area (Å²) in [5.74, 6) is -0.850. The van der Waals surface area contributed by atoms with Gasteiger partial charge in [0.15, 0.2) is 0 Å². The van der Waals surface area contributed by atoms with E-state index >= 15 is 0 Å². The van der Waals surface area contributed by atoms with Crippen molar-refractivity contribution in [1.82, 2.24) is 5.32 Å². The molecule has 1 aromatic rings. The van der Waals surface area contributed by atoms with Crippen molar-refractivity contribution in [2.45, 2.75) is 39.3 Å². The molecule has 0 aliphatic carbocycles. The van der Waals surface area contributed by atoms with E-state index in [4.69, 9.17) is 10.5 Å². The van der Waals surface area contributed by atoms with Crippen LogP contribution in [-0.4, -0.2) is 24.5 Å². The third kappa shape index (κ3) is 6.40. The number of rotatable bonds is 7. The molecule has 2 atom stereocenters. The van der Waals surface area contributed by atoms with E-state index in [-0.39, 0.29) is 42.9 Å². The van der Waals surface area contributed by atoms with Crippen molar-refractivity contribution in [3.05, 3.63) is 35.9 Å². The van der Waals surface area contributed by atoms with Crippen LogP contribution >= 0.6 is 0 Å². The molecule has 0 heterocycles. The molecule has 0 saturated heterocycles. The van der Waals surface area contributed by atoms with E-state index in [9.17, 15) is 9.59 Å². The van der Waals surface area contributed by atoms with Crippen LogP contribution in [0.25, 0.3) is 0 Å². The van der Waals surface area contributed by atoms with Gasteiger partial charge < -0.3 is 15.8 Å². The Labute approximate surface area is 125 Å². The van der Waals surface area contributed by atoms with E-state index in [1.165, 1.54) is 0 Å². The lowest BCUT2D eigenvalue weighted by Crippen LogP contribution is -2.34. The van der Waals surface area contributed by atoms with Gasteiger partial charge in [-0.05, 0) is 19.4 Å². The lowest BCUT2D eigenvalue weighted by molar-refractivity contribution is -0.151. The maximum Gasteiger partial charge on any atom is 0.310 e. The Morgan fingerprint density at radius 1 is 1.19 bits per heavy atom. The summed E-state index contributed by atoms with van der Waals surface area (Å²) < 4.78 is 5.08. The van der Waals surface area contributed by atoms with E-state index < -0.39 is 0 Å². The maximum atomic E-state index is 11.8. The topological polar surface area (TPSA) is 81.4 Å². The second-order valence-electron chi connectivity index (χ2n) is 5.41. The van der Waals surface area contributed by atoms with Gasteiger partial charge in [0.05, 0.1) is 12.0 Å². The van der Waals surface area contributed by atoms with Gasteiger partial charge in [0.25, 0.3) is 0 Å². The van der Waals surface area contributed by atoms with E-state index in [2.05, 4.69) is 5.32 Å². The Morgan fingerprint density at radius 2 is 1.81 bits per heavy atom. The Balaban J connectivity index is 2.35. The second kappa shape index (κ2) is 8.42. The monoisotopic (exact) mass is 292 g/mol. The molecule has 21 heavy (non-hydrogen) atoms. The molecule has 0 saturated carbocycles. The highest BCUT2D eigenvalue weighted by Gasteiger charge is 2.17. The van der Waals surface area contributed by atoms with Gasteiger partial charge >= 0.3 is 5.97 Å². The van der Waals surface area contributed by atoms with E-state index in [0.717, 1.165) is 5.56 Å². The molecular weight excluding hydrogens is 268 g/mol. The first-order valence-corrected chi connectivity index (χ1v) is 7.18. The molecular formula is C16H24N2O3. The van der Waals surface area contributed by atoms with Crippen molar-refractivity contribution in [3.8, 4) is 0 Å². The third-order valence-corrected chi connectivity index (χ3v) is 2.99. The number of amides is 1. The Bertz CT molecular complexity index is 460. The van der Waals surface area contributed by atoms with Gasteiger partial charge in [0.2, 0.25) is 5.91 Å². The second-order valence-corrected chi connectivity index (χ2v) is 5.41. The number of benzene rings is 1. The smallest absolute Gasteiger partial charge is 0.310 e. The zero-order valence-electron chi connectivity index (χ0n) is 12.8. The van der Waals surface area contributed by atoms with Gasteiger partial charge in [-0.3, -0.25) is 9.59 Å². The fraction of sp³-hybridized carbons (Fsp3) is 0.500. The number of carbonyl (C=O) groups excluding carboxylic acids is 2. The Kier molecular flexibility index (Phi) is 6.88. The van der Waals surface area contributed by atoms with Crippen LogP contribution in [0.4, 0.5) is 0 Å². The quantitative estimate of drug-likeness (QED) is 0.751.